The van der Waals surface area contributed by atoms with Crippen LogP contribution in [0.1, 0.15) is 51.5 Å². The molecule has 0 spiro atoms. The van der Waals surface area contributed by atoms with Crippen LogP contribution in [0.25, 0.3) is 0 Å². The summed E-state index contributed by atoms with van der Waals surface area (Å²) in [5.41, 5.74) is 2.44. The summed E-state index contributed by atoms with van der Waals surface area (Å²) in [4.78, 5) is 17.1. The molecule has 1 heterocycles. The Morgan fingerprint density at radius 1 is 1.32 bits per heavy atom. The van der Waals surface area contributed by atoms with Gasteiger partial charge in [0.2, 0.25) is 0 Å². The Hall–Kier alpha value is -2.83. The van der Waals surface area contributed by atoms with Crippen molar-refractivity contribution in [2.24, 2.45) is 0 Å². The minimum Gasteiger partial charge on any atom is -0.457 e. The summed E-state index contributed by atoms with van der Waals surface area (Å²) in [6.07, 6.45) is 3.94. The molecule has 1 aliphatic carbocycles. The van der Waals surface area contributed by atoms with E-state index >= 15 is 0 Å². The molecule has 5 nitrogen and oxygen atoms in total. The molecular formula is C19H15N3O2S. The summed E-state index contributed by atoms with van der Waals surface area (Å²) in [6.45, 7) is -0.0108. The number of nitriles is 2. The Morgan fingerprint density at radius 3 is 2.72 bits per heavy atom. The Kier molecular flexibility index (Phi) is 5.02. The number of rotatable bonds is 5. The van der Waals surface area contributed by atoms with Crippen LogP contribution in [-0.2, 0) is 11.3 Å². The Morgan fingerprint density at radius 2 is 2.08 bits per heavy atom. The number of carbonyl (C=O) groups excluding carboxylic acids is 1. The van der Waals surface area contributed by atoms with Crippen molar-refractivity contribution in [3.8, 4) is 12.1 Å². The second-order valence-electron chi connectivity index (χ2n) is 5.71. The van der Waals surface area contributed by atoms with E-state index in [0.717, 1.165) is 18.5 Å². The first-order valence-electron chi connectivity index (χ1n) is 7.82. The smallest absolute Gasteiger partial charge is 0.339 e. The lowest BCUT2D eigenvalue weighted by Gasteiger charge is -2.11. The third-order valence-electron chi connectivity index (χ3n) is 4.02. The SMILES string of the molecule is CSc1nc(C2CC2)cc(C(=O)OCc2ccccc2C#N)c1C#N. The van der Waals surface area contributed by atoms with Crippen LogP contribution in [0, 0.1) is 22.7 Å². The maximum atomic E-state index is 12.6. The number of hydrogen-bond acceptors (Lipinski definition) is 6. The highest BCUT2D eigenvalue weighted by Gasteiger charge is 2.29. The largest absolute Gasteiger partial charge is 0.457 e. The lowest BCUT2D eigenvalue weighted by Crippen LogP contribution is -2.11. The molecule has 1 saturated carbocycles. The van der Waals surface area contributed by atoms with E-state index in [1.165, 1.54) is 11.8 Å². The average Bonchev–Trinajstić information content (AvgIpc) is 3.50. The molecule has 25 heavy (non-hydrogen) atoms. The summed E-state index contributed by atoms with van der Waals surface area (Å²) in [6, 6.07) is 12.8. The molecule has 6 heteroatoms. The number of esters is 1. The van der Waals surface area contributed by atoms with Crippen molar-refractivity contribution in [2.75, 3.05) is 6.26 Å². The summed E-state index contributed by atoms with van der Waals surface area (Å²) < 4.78 is 5.38. The van der Waals surface area contributed by atoms with Crippen molar-refractivity contribution < 1.29 is 9.53 Å². The highest BCUT2D eigenvalue weighted by atomic mass is 32.2. The third kappa shape index (κ3) is 3.65. The first kappa shape index (κ1) is 17.0. The molecule has 0 radical (unpaired) electrons. The minimum absolute atomic E-state index is 0.0108. The highest BCUT2D eigenvalue weighted by Crippen LogP contribution is 2.40. The maximum Gasteiger partial charge on any atom is 0.339 e. The fourth-order valence-electron chi connectivity index (χ4n) is 2.52. The number of nitrogens with zero attached hydrogens (tertiary/aromatic N) is 3. The van der Waals surface area contributed by atoms with Crippen molar-refractivity contribution in [2.45, 2.75) is 30.4 Å². The molecule has 0 bridgehead atoms. The molecule has 0 aliphatic heterocycles. The lowest BCUT2D eigenvalue weighted by molar-refractivity contribution is 0.0471. The van der Waals surface area contributed by atoms with Crippen molar-refractivity contribution in [3.63, 3.8) is 0 Å². The number of ether oxygens (including phenoxy) is 1. The van der Waals surface area contributed by atoms with Crippen molar-refractivity contribution >= 4 is 17.7 Å². The summed E-state index contributed by atoms with van der Waals surface area (Å²) in [5.74, 6) is -0.201. The summed E-state index contributed by atoms with van der Waals surface area (Å²) in [7, 11) is 0. The predicted molar refractivity (Wildman–Crippen MR) is 93.0 cm³/mol. The van der Waals surface area contributed by atoms with Gasteiger partial charge in [-0.05, 0) is 31.2 Å². The van der Waals surface area contributed by atoms with Crippen molar-refractivity contribution in [1.82, 2.24) is 4.98 Å². The van der Waals surface area contributed by atoms with Gasteiger partial charge in [0.05, 0.1) is 22.8 Å². The summed E-state index contributed by atoms with van der Waals surface area (Å²) >= 11 is 1.35. The number of benzene rings is 1. The first-order chi connectivity index (χ1) is 12.2. The monoisotopic (exact) mass is 349 g/mol. The fraction of sp³-hybridized carbons (Fsp3) is 0.263. The van der Waals surface area contributed by atoms with Gasteiger partial charge in [0, 0.05) is 17.2 Å². The molecule has 1 fully saturated rings. The van der Waals surface area contributed by atoms with E-state index < -0.39 is 5.97 Å². The Bertz CT molecular complexity index is 908. The molecule has 2 aromatic rings. The topological polar surface area (TPSA) is 86.8 Å². The van der Waals surface area contributed by atoms with Crippen LogP contribution in [0.15, 0.2) is 35.4 Å². The lowest BCUT2D eigenvalue weighted by atomic mass is 10.1. The van der Waals surface area contributed by atoms with Crippen LogP contribution in [0.5, 0.6) is 0 Å². The average molecular weight is 349 g/mol. The molecule has 0 saturated heterocycles. The van der Waals surface area contributed by atoms with Crippen molar-refractivity contribution in [3.05, 3.63) is 58.3 Å². The first-order valence-corrected chi connectivity index (χ1v) is 9.04. The van der Waals surface area contributed by atoms with Gasteiger partial charge in [0.15, 0.2) is 0 Å². The van der Waals surface area contributed by atoms with Gasteiger partial charge in [-0.25, -0.2) is 9.78 Å². The molecule has 124 valence electrons. The molecular weight excluding hydrogens is 334 g/mol. The van der Waals surface area contributed by atoms with Crippen LogP contribution in [-0.4, -0.2) is 17.2 Å². The van der Waals surface area contributed by atoms with Crippen LogP contribution in [0.2, 0.25) is 0 Å². The normalized spacial score (nSPS) is 12.9. The van der Waals surface area contributed by atoms with E-state index in [-0.39, 0.29) is 17.7 Å². The quantitative estimate of drug-likeness (QED) is 0.603. The molecule has 1 aromatic heterocycles. The van der Waals surface area contributed by atoms with Gasteiger partial charge < -0.3 is 4.74 Å². The zero-order valence-electron chi connectivity index (χ0n) is 13.7. The van der Waals surface area contributed by atoms with Gasteiger partial charge >= 0.3 is 5.97 Å². The number of pyridine rings is 1. The van der Waals surface area contributed by atoms with E-state index in [0.29, 0.717) is 22.1 Å². The van der Waals surface area contributed by atoms with Gasteiger partial charge in [-0.1, -0.05) is 18.2 Å². The molecule has 0 unspecified atom stereocenters. The van der Waals surface area contributed by atoms with Gasteiger partial charge in [-0.3, -0.25) is 0 Å². The van der Waals surface area contributed by atoms with Crippen LogP contribution in [0.4, 0.5) is 0 Å². The molecule has 1 aromatic carbocycles. The van der Waals surface area contributed by atoms with E-state index in [1.807, 2.05) is 6.26 Å². The maximum absolute atomic E-state index is 12.6. The molecule has 1 aliphatic rings. The molecule has 0 N–H and O–H groups in total. The van der Waals surface area contributed by atoms with Gasteiger partial charge in [0.25, 0.3) is 0 Å². The van der Waals surface area contributed by atoms with E-state index in [2.05, 4.69) is 17.1 Å². The molecule has 0 atom stereocenters. The van der Waals surface area contributed by atoms with E-state index in [1.54, 1.807) is 30.3 Å². The summed E-state index contributed by atoms with van der Waals surface area (Å²) in [5, 5.41) is 19.1. The molecule has 0 amide bonds. The zero-order valence-corrected chi connectivity index (χ0v) is 14.5. The van der Waals surface area contributed by atoms with Gasteiger partial charge in [0.1, 0.15) is 17.7 Å². The predicted octanol–water partition coefficient (Wildman–Crippen LogP) is 3.78. The van der Waals surface area contributed by atoms with E-state index in [4.69, 9.17) is 10.00 Å². The molecule has 3 rings (SSSR count). The highest BCUT2D eigenvalue weighted by molar-refractivity contribution is 7.98. The Labute approximate surface area is 150 Å². The minimum atomic E-state index is -0.566. The number of thioether (sulfide) groups is 1. The number of aromatic nitrogens is 1. The van der Waals surface area contributed by atoms with Crippen LogP contribution in [0.3, 0.4) is 0 Å². The van der Waals surface area contributed by atoms with E-state index in [9.17, 15) is 10.1 Å². The number of hydrogen-bond donors (Lipinski definition) is 0. The van der Waals surface area contributed by atoms with Gasteiger partial charge in [-0.15, -0.1) is 11.8 Å². The van der Waals surface area contributed by atoms with Gasteiger partial charge in [-0.2, -0.15) is 10.5 Å². The fourth-order valence-corrected chi connectivity index (χ4v) is 3.08. The standard InChI is InChI=1S/C19H15N3O2S/c1-25-18-16(10-21)15(8-17(22-18)12-6-7-12)19(23)24-11-14-5-3-2-4-13(14)9-20/h2-5,8,12H,6-7,11H2,1H3. The third-order valence-corrected chi connectivity index (χ3v) is 4.71. The number of carbonyl (C=O) groups is 1. The zero-order chi connectivity index (χ0) is 17.8. The van der Waals surface area contributed by atoms with Crippen molar-refractivity contribution in [1.29, 1.82) is 10.5 Å². The van der Waals surface area contributed by atoms with Crippen LogP contribution < -0.4 is 0 Å². The second-order valence-corrected chi connectivity index (χ2v) is 6.51. The second kappa shape index (κ2) is 7.38. The Balaban J connectivity index is 1.87. The van der Waals surface area contributed by atoms with Crippen LogP contribution >= 0.6 is 11.8 Å².